The summed E-state index contributed by atoms with van der Waals surface area (Å²) in [4.78, 5) is 31.6. The Hall–Kier alpha value is -2.77. The maximum Gasteiger partial charge on any atom is 0.511 e. The van der Waals surface area contributed by atoms with Gasteiger partial charge >= 0.3 is 12.1 Å². The lowest BCUT2D eigenvalue weighted by atomic mass is 9.98. The molecule has 0 spiro atoms. The summed E-state index contributed by atoms with van der Waals surface area (Å²) in [6, 6.07) is 5.40. The van der Waals surface area contributed by atoms with E-state index in [9.17, 15) is 9.59 Å². The minimum atomic E-state index is -1.07. The van der Waals surface area contributed by atoms with Gasteiger partial charge in [-0.2, -0.15) is 4.98 Å². The van der Waals surface area contributed by atoms with Crippen LogP contribution in [0.5, 0.6) is 6.01 Å². The van der Waals surface area contributed by atoms with Gasteiger partial charge in [0, 0.05) is 6.92 Å². The SMILES string of the molecule is CCOc1nc2c(C(=O)OC(C)OC(=O)OC3CCCCC3)cccc2[nH]1. The fraction of sp³-hybridized carbons (Fsp3) is 0.526. The van der Waals surface area contributed by atoms with Gasteiger partial charge in [0.2, 0.25) is 6.29 Å². The van der Waals surface area contributed by atoms with Crippen molar-refractivity contribution in [2.24, 2.45) is 0 Å². The number of aromatic amines is 1. The van der Waals surface area contributed by atoms with Crippen molar-refractivity contribution >= 4 is 23.2 Å². The lowest BCUT2D eigenvalue weighted by Crippen LogP contribution is -2.26. The highest BCUT2D eigenvalue weighted by Gasteiger charge is 2.23. The number of fused-ring (bicyclic) bond motifs is 1. The molecule has 1 aromatic heterocycles. The van der Waals surface area contributed by atoms with Crippen molar-refractivity contribution in [2.75, 3.05) is 6.61 Å². The minimum Gasteiger partial charge on any atom is -0.465 e. The zero-order valence-electron chi connectivity index (χ0n) is 15.5. The van der Waals surface area contributed by atoms with Crippen molar-refractivity contribution in [3.05, 3.63) is 23.8 Å². The third kappa shape index (κ3) is 4.90. The Morgan fingerprint density at radius 1 is 1.22 bits per heavy atom. The van der Waals surface area contributed by atoms with Crippen LogP contribution in [-0.4, -0.2) is 41.1 Å². The summed E-state index contributed by atoms with van der Waals surface area (Å²) in [5.74, 6) is -0.645. The number of nitrogens with zero attached hydrogens (tertiary/aromatic N) is 1. The average Bonchev–Trinajstić information content (AvgIpc) is 3.05. The summed E-state index contributed by atoms with van der Waals surface area (Å²) in [5.41, 5.74) is 1.34. The molecular weight excluding hydrogens is 352 g/mol. The molecule has 146 valence electrons. The second-order valence-electron chi connectivity index (χ2n) is 6.40. The quantitative estimate of drug-likeness (QED) is 0.602. The van der Waals surface area contributed by atoms with E-state index in [4.69, 9.17) is 18.9 Å². The first-order valence-corrected chi connectivity index (χ1v) is 9.26. The molecule has 8 heteroatoms. The number of carbonyl (C=O) groups is 2. The van der Waals surface area contributed by atoms with Gasteiger partial charge in [0.15, 0.2) is 0 Å². The van der Waals surface area contributed by atoms with Crippen LogP contribution in [0.3, 0.4) is 0 Å². The number of esters is 1. The Morgan fingerprint density at radius 2 is 2.00 bits per heavy atom. The van der Waals surface area contributed by atoms with Crippen LogP contribution < -0.4 is 4.74 Å². The first-order valence-electron chi connectivity index (χ1n) is 9.26. The number of hydrogen-bond acceptors (Lipinski definition) is 7. The topological polar surface area (TPSA) is 99.7 Å². The molecule has 1 aliphatic rings. The Morgan fingerprint density at radius 3 is 2.74 bits per heavy atom. The van der Waals surface area contributed by atoms with E-state index in [0.717, 1.165) is 32.1 Å². The maximum atomic E-state index is 12.5. The lowest BCUT2D eigenvalue weighted by Gasteiger charge is -2.22. The van der Waals surface area contributed by atoms with Crippen molar-refractivity contribution in [2.45, 2.75) is 58.3 Å². The van der Waals surface area contributed by atoms with Crippen molar-refractivity contribution in [3.8, 4) is 6.01 Å². The molecule has 1 unspecified atom stereocenters. The standard InChI is InChI=1S/C19H24N2O6/c1-3-24-18-20-15-11-7-10-14(16(15)21-18)17(22)25-12(2)26-19(23)27-13-8-5-4-6-9-13/h7,10-13H,3-6,8-9H2,1-2H3,(H,20,21). The summed E-state index contributed by atoms with van der Waals surface area (Å²) in [5, 5.41) is 0. The Balaban J connectivity index is 1.59. The van der Waals surface area contributed by atoms with E-state index in [-0.39, 0.29) is 11.7 Å². The number of aromatic nitrogens is 2. The van der Waals surface area contributed by atoms with Crippen molar-refractivity contribution < 1.29 is 28.5 Å². The molecule has 1 N–H and O–H groups in total. The summed E-state index contributed by atoms with van der Waals surface area (Å²) in [6.45, 7) is 3.76. The predicted octanol–water partition coefficient (Wildman–Crippen LogP) is 3.95. The average molecular weight is 376 g/mol. The van der Waals surface area contributed by atoms with Crippen LogP contribution in [0, 0.1) is 0 Å². The number of rotatable bonds is 6. The molecule has 0 amide bonds. The first kappa shape index (κ1) is 19.0. The molecule has 1 heterocycles. The molecule has 27 heavy (non-hydrogen) atoms. The third-order valence-electron chi connectivity index (χ3n) is 4.34. The highest BCUT2D eigenvalue weighted by molar-refractivity contribution is 6.02. The van der Waals surface area contributed by atoms with Gasteiger partial charge in [-0.1, -0.05) is 12.5 Å². The zero-order chi connectivity index (χ0) is 19.2. The molecule has 1 saturated carbocycles. The number of H-pyrrole nitrogens is 1. The van der Waals surface area contributed by atoms with Crippen molar-refractivity contribution in [3.63, 3.8) is 0 Å². The largest absolute Gasteiger partial charge is 0.511 e. The second kappa shape index (κ2) is 8.75. The van der Waals surface area contributed by atoms with Gasteiger partial charge < -0.3 is 23.9 Å². The van der Waals surface area contributed by atoms with Crippen LogP contribution >= 0.6 is 0 Å². The van der Waals surface area contributed by atoms with E-state index in [1.54, 1.807) is 18.2 Å². The number of ether oxygens (including phenoxy) is 4. The Labute approximate surface area is 157 Å². The molecular formula is C19H24N2O6. The smallest absolute Gasteiger partial charge is 0.465 e. The van der Waals surface area contributed by atoms with Crippen molar-refractivity contribution in [1.82, 2.24) is 9.97 Å². The van der Waals surface area contributed by atoms with E-state index in [0.29, 0.717) is 23.7 Å². The molecule has 0 bridgehead atoms. The molecule has 1 aliphatic carbocycles. The number of carbonyl (C=O) groups excluding carboxylic acids is 2. The number of hydrogen-bond donors (Lipinski definition) is 1. The van der Waals surface area contributed by atoms with E-state index >= 15 is 0 Å². The fourth-order valence-electron chi connectivity index (χ4n) is 3.10. The van der Waals surface area contributed by atoms with Crippen LogP contribution in [0.4, 0.5) is 4.79 Å². The fourth-order valence-corrected chi connectivity index (χ4v) is 3.10. The van der Waals surface area contributed by atoms with E-state index in [1.807, 2.05) is 6.92 Å². The molecule has 1 atom stereocenters. The van der Waals surface area contributed by atoms with Gasteiger partial charge in [0.05, 0.1) is 17.7 Å². The van der Waals surface area contributed by atoms with E-state index in [2.05, 4.69) is 9.97 Å². The Bertz CT molecular complexity index is 797. The molecule has 2 aromatic rings. The van der Waals surface area contributed by atoms with Gasteiger partial charge in [-0.05, 0) is 44.7 Å². The van der Waals surface area contributed by atoms with Crippen molar-refractivity contribution in [1.29, 1.82) is 0 Å². The molecule has 0 aliphatic heterocycles. The normalized spacial score (nSPS) is 15.9. The highest BCUT2D eigenvalue weighted by Crippen LogP contribution is 2.22. The molecule has 8 nitrogen and oxygen atoms in total. The van der Waals surface area contributed by atoms with Gasteiger partial charge in [0.1, 0.15) is 11.6 Å². The number of para-hydroxylation sites is 1. The predicted molar refractivity (Wildman–Crippen MR) is 96.6 cm³/mol. The van der Waals surface area contributed by atoms with E-state index in [1.165, 1.54) is 6.92 Å². The molecule has 0 radical (unpaired) electrons. The van der Waals surface area contributed by atoms with Crippen LogP contribution in [-0.2, 0) is 14.2 Å². The van der Waals surface area contributed by atoms with Gasteiger partial charge in [-0.25, -0.2) is 9.59 Å². The number of imidazole rings is 1. The molecule has 1 aromatic carbocycles. The van der Waals surface area contributed by atoms with Crippen LogP contribution in [0.15, 0.2) is 18.2 Å². The zero-order valence-corrected chi connectivity index (χ0v) is 15.5. The van der Waals surface area contributed by atoms with Crippen LogP contribution in [0.2, 0.25) is 0 Å². The van der Waals surface area contributed by atoms with Crippen LogP contribution in [0.25, 0.3) is 11.0 Å². The number of nitrogens with one attached hydrogen (secondary N) is 1. The summed E-state index contributed by atoms with van der Waals surface area (Å²) < 4.78 is 20.9. The summed E-state index contributed by atoms with van der Waals surface area (Å²) in [6.07, 6.45) is 2.91. The monoisotopic (exact) mass is 376 g/mol. The summed E-state index contributed by atoms with van der Waals surface area (Å²) in [7, 11) is 0. The first-order chi connectivity index (χ1) is 13.1. The summed E-state index contributed by atoms with van der Waals surface area (Å²) >= 11 is 0. The second-order valence-corrected chi connectivity index (χ2v) is 6.40. The molecule has 0 saturated heterocycles. The van der Waals surface area contributed by atoms with Crippen LogP contribution in [0.1, 0.15) is 56.3 Å². The van der Waals surface area contributed by atoms with Gasteiger partial charge in [-0.15, -0.1) is 0 Å². The highest BCUT2D eigenvalue weighted by atomic mass is 16.8. The molecule has 3 rings (SSSR count). The van der Waals surface area contributed by atoms with Gasteiger partial charge in [-0.3, -0.25) is 0 Å². The maximum absolute atomic E-state index is 12.5. The minimum absolute atomic E-state index is 0.121. The number of benzene rings is 1. The van der Waals surface area contributed by atoms with E-state index < -0.39 is 18.4 Å². The van der Waals surface area contributed by atoms with Gasteiger partial charge in [0.25, 0.3) is 6.01 Å². The Kier molecular flexibility index (Phi) is 6.16. The molecule has 1 fully saturated rings. The third-order valence-corrected chi connectivity index (χ3v) is 4.34. The lowest BCUT2D eigenvalue weighted by molar-refractivity contribution is -0.0914.